The molecule has 1 unspecified atom stereocenters. The first-order valence-corrected chi connectivity index (χ1v) is 5.76. The Bertz CT molecular complexity index is 346. The summed E-state index contributed by atoms with van der Waals surface area (Å²) in [4.78, 5) is 0. The van der Waals surface area contributed by atoms with Crippen molar-refractivity contribution in [2.45, 2.75) is 26.4 Å². The lowest BCUT2D eigenvalue weighted by Gasteiger charge is -2.23. The van der Waals surface area contributed by atoms with Gasteiger partial charge in [0.2, 0.25) is 0 Å². The Labute approximate surface area is 96.8 Å². The summed E-state index contributed by atoms with van der Waals surface area (Å²) in [6.07, 6.45) is 1.24. The molecule has 0 saturated carbocycles. The topological polar surface area (TPSA) is 30.5 Å². The van der Waals surface area contributed by atoms with Crippen LogP contribution in [0.5, 0.6) is 0 Å². The van der Waals surface area contributed by atoms with Gasteiger partial charge in [0.15, 0.2) is 0 Å². The van der Waals surface area contributed by atoms with E-state index in [1.54, 1.807) is 0 Å². The molecule has 1 aromatic carbocycles. The van der Waals surface area contributed by atoms with E-state index in [0.717, 1.165) is 25.3 Å². The molecule has 0 spiro atoms. The quantitative estimate of drug-likeness (QED) is 0.850. The van der Waals surface area contributed by atoms with Crippen molar-refractivity contribution in [2.24, 2.45) is 0 Å². The number of rotatable bonds is 3. The van der Waals surface area contributed by atoms with Crippen molar-refractivity contribution in [3.8, 4) is 0 Å². The average Bonchev–Trinajstić information content (AvgIpc) is 2.32. The molecule has 0 aliphatic carbocycles. The molecule has 1 aliphatic rings. The predicted molar refractivity (Wildman–Crippen MR) is 64.7 cm³/mol. The summed E-state index contributed by atoms with van der Waals surface area (Å²) in [7, 11) is 0. The smallest absolute Gasteiger partial charge is 0.147 e. The maximum Gasteiger partial charge on any atom is 0.147 e. The van der Waals surface area contributed by atoms with Crippen molar-refractivity contribution >= 4 is 5.69 Å². The molecule has 1 atom stereocenters. The van der Waals surface area contributed by atoms with Crippen LogP contribution in [0.15, 0.2) is 18.2 Å². The zero-order chi connectivity index (χ0) is 11.4. The van der Waals surface area contributed by atoms with Crippen LogP contribution in [0.2, 0.25) is 0 Å². The van der Waals surface area contributed by atoms with Gasteiger partial charge in [0.05, 0.1) is 12.7 Å². The van der Waals surface area contributed by atoms with Gasteiger partial charge >= 0.3 is 0 Å². The first kappa shape index (κ1) is 11.4. The van der Waals surface area contributed by atoms with E-state index in [1.807, 2.05) is 0 Å². The van der Waals surface area contributed by atoms with Crippen molar-refractivity contribution in [1.82, 2.24) is 0 Å². The zero-order valence-corrected chi connectivity index (χ0v) is 9.95. The highest BCUT2D eigenvalue weighted by Gasteiger charge is 2.13. The molecule has 1 N–H and O–H groups in total. The highest BCUT2D eigenvalue weighted by atomic mass is 16.7. The zero-order valence-electron chi connectivity index (χ0n) is 9.95. The second-order valence-electron chi connectivity index (χ2n) is 4.28. The lowest BCUT2D eigenvalue weighted by atomic mass is 10.1. The molecule has 3 heteroatoms. The van der Waals surface area contributed by atoms with Gasteiger partial charge < -0.3 is 14.8 Å². The molecular weight excluding hydrogens is 202 g/mol. The van der Waals surface area contributed by atoms with Gasteiger partial charge in [0.25, 0.3) is 0 Å². The third kappa shape index (κ3) is 2.97. The van der Waals surface area contributed by atoms with Gasteiger partial charge in [0, 0.05) is 12.2 Å². The van der Waals surface area contributed by atoms with E-state index < -0.39 is 0 Å². The van der Waals surface area contributed by atoms with Crippen molar-refractivity contribution in [1.29, 1.82) is 0 Å². The summed E-state index contributed by atoms with van der Waals surface area (Å²) < 4.78 is 10.6. The van der Waals surface area contributed by atoms with E-state index in [-0.39, 0.29) is 6.10 Å². The minimum Gasteiger partial charge on any atom is -0.382 e. The van der Waals surface area contributed by atoms with Crippen LogP contribution in [-0.2, 0) is 9.47 Å². The average molecular weight is 221 g/mol. The van der Waals surface area contributed by atoms with Crippen LogP contribution in [0.25, 0.3) is 0 Å². The Morgan fingerprint density at radius 2 is 2.19 bits per heavy atom. The van der Waals surface area contributed by atoms with Crippen LogP contribution < -0.4 is 5.32 Å². The molecule has 88 valence electrons. The van der Waals surface area contributed by atoms with Gasteiger partial charge in [-0.05, 0) is 43.5 Å². The highest BCUT2D eigenvalue weighted by molar-refractivity contribution is 5.48. The molecule has 16 heavy (non-hydrogen) atoms. The number of anilines is 1. The van der Waals surface area contributed by atoms with Gasteiger partial charge in [-0.15, -0.1) is 0 Å². The fraction of sp³-hybridized carbons (Fsp3) is 0.538. The normalized spacial score (nSPS) is 20.8. The SMILES string of the molecule is Cc1ccc(NCC2CCOCO2)cc1C. The summed E-state index contributed by atoms with van der Waals surface area (Å²) in [5.41, 5.74) is 3.81. The molecule has 0 bridgehead atoms. The monoisotopic (exact) mass is 221 g/mol. The molecule has 1 heterocycles. The standard InChI is InChI=1S/C13H19NO2/c1-10-3-4-12(7-11(10)2)14-8-13-5-6-15-9-16-13/h3-4,7,13-14H,5-6,8-9H2,1-2H3. The van der Waals surface area contributed by atoms with Crippen molar-refractivity contribution in [3.05, 3.63) is 29.3 Å². The van der Waals surface area contributed by atoms with Gasteiger partial charge in [-0.25, -0.2) is 0 Å². The fourth-order valence-corrected chi connectivity index (χ4v) is 1.75. The van der Waals surface area contributed by atoms with E-state index in [0.29, 0.717) is 6.79 Å². The van der Waals surface area contributed by atoms with Gasteiger partial charge in [-0.2, -0.15) is 0 Å². The third-order valence-corrected chi connectivity index (χ3v) is 3.01. The third-order valence-electron chi connectivity index (χ3n) is 3.01. The highest BCUT2D eigenvalue weighted by Crippen LogP contribution is 2.15. The Hall–Kier alpha value is -1.06. The second kappa shape index (κ2) is 5.32. The number of hydrogen-bond donors (Lipinski definition) is 1. The van der Waals surface area contributed by atoms with Crippen molar-refractivity contribution < 1.29 is 9.47 Å². The lowest BCUT2D eigenvalue weighted by molar-refractivity contribution is -0.133. The molecule has 0 amide bonds. The number of aryl methyl sites for hydroxylation is 2. The number of nitrogens with one attached hydrogen (secondary N) is 1. The van der Waals surface area contributed by atoms with E-state index in [2.05, 4.69) is 37.4 Å². The van der Waals surface area contributed by atoms with Gasteiger partial charge in [-0.3, -0.25) is 0 Å². The summed E-state index contributed by atoms with van der Waals surface area (Å²) in [6.45, 7) is 6.34. The molecule has 1 saturated heterocycles. The van der Waals surface area contributed by atoms with Crippen LogP contribution in [0.3, 0.4) is 0 Å². The summed E-state index contributed by atoms with van der Waals surface area (Å²) in [5, 5.41) is 3.40. The van der Waals surface area contributed by atoms with Crippen molar-refractivity contribution in [3.63, 3.8) is 0 Å². The Balaban J connectivity index is 1.86. The molecule has 0 radical (unpaired) electrons. The summed E-state index contributed by atoms with van der Waals surface area (Å²) >= 11 is 0. The van der Waals surface area contributed by atoms with E-state index in [4.69, 9.17) is 9.47 Å². The van der Waals surface area contributed by atoms with Crippen LogP contribution in [0, 0.1) is 13.8 Å². The van der Waals surface area contributed by atoms with E-state index in [9.17, 15) is 0 Å². The second-order valence-corrected chi connectivity index (χ2v) is 4.28. The lowest BCUT2D eigenvalue weighted by Crippen LogP contribution is -2.30. The molecule has 2 rings (SSSR count). The van der Waals surface area contributed by atoms with Crippen LogP contribution in [0.1, 0.15) is 17.5 Å². The summed E-state index contributed by atoms with van der Waals surface area (Å²) in [6, 6.07) is 6.43. The largest absolute Gasteiger partial charge is 0.382 e. The van der Waals surface area contributed by atoms with Crippen LogP contribution in [0.4, 0.5) is 5.69 Å². The molecule has 1 aromatic rings. The Morgan fingerprint density at radius 3 is 2.88 bits per heavy atom. The van der Waals surface area contributed by atoms with Crippen LogP contribution in [-0.4, -0.2) is 26.0 Å². The number of hydrogen-bond acceptors (Lipinski definition) is 3. The minimum atomic E-state index is 0.273. The first-order chi connectivity index (χ1) is 7.75. The molecule has 0 aromatic heterocycles. The van der Waals surface area contributed by atoms with E-state index in [1.165, 1.54) is 11.1 Å². The fourth-order valence-electron chi connectivity index (χ4n) is 1.75. The predicted octanol–water partition coefficient (Wildman–Crippen LogP) is 2.48. The Morgan fingerprint density at radius 1 is 1.31 bits per heavy atom. The number of ether oxygens (including phenoxy) is 2. The number of benzene rings is 1. The van der Waals surface area contributed by atoms with Gasteiger partial charge in [-0.1, -0.05) is 6.07 Å². The summed E-state index contributed by atoms with van der Waals surface area (Å²) in [5.74, 6) is 0. The molecular formula is C13H19NO2. The first-order valence-electron chi connectivity index (χ1n) is 5.76. The van der Waals surface area contributed by atoms with Crippen molar-refractivity contribution in [2.75, 3.05) is 25.3 Å². The molecule has 1 fully saturated rings. The molecule has 3 nitrogen and oxygen atoms in total. The van der Waals surface area contributed by atoms with E-state index >= 15 is 0 Å². The maximum atomic E-state index is 5.47. The molecule has 1 aliphatic heterocycles. The minimum absolute atomic E-state index is 0.273. The van der Waals surface area contributed by atoms with Crippen LogP contribution >= 0.6 is 0 Å². The maximum absolute atomic E-state index is 5.47. The Kier molecular flexibility index (Phi) is 3.80. The van der Waals surface area contributed by atoms with Gasteiger partial charge in [0.1, 0.15) is 6.79 Å².